The molecule has 1 aliphatic heterocycles. The number of rotatable bonds is 4. The minimum Gasteiger partial charge on any atom is -0.308 e. The topological polar surface area (TPSA) is 6.48 Å². The molecule has 0 spiro atoms. The summed E-state index contributed by atoms with van der Waals surface area (Å²) in [7, 11) is 4.21. The van der Waals surface area contributed by atoms with Crippen LogP contribution in [0.2, 0.25) is 0 Å². The Morgan fingerprint density at radius 1 is 1.39 bits per heavy atom. The van der Waals surface area contributed by atoms with E-state index in [9.17, 15) is 4.39 Å². The van der Waals surface area contributed by atoms with Crippen molar-refractivity contribution < 1.29 is 4.39 Å². The van der Waals surface area contributed by atoms with Gasteiger partial charge < -0.3 is 4.90 Å². The van der Waals surface area contributed by atoms with Crippen LogP contribution in [0.3, 0.4) is 0 Å². The van der Waals surface area contributed by atoms with E-state index in [1.54, 1.807) is 6.07 Å². The van der Waals surface area contributed by atoms with Gasteiger partial charge in [-0.15, -0.1) is 0 Å². The highest BCUT2D eigenvalue weighted by atomic mass is 79.9. The van der Waals surface area contributed by atoms with E-state index in [4.69, 9.17) is 0 Å². The fourth-order valence-electron chi connectivity index (χ4n) is 2.67. The Bertz CT molecular complexity index is 389. The number of hydrogen-bond acceptors (Lipinski definition) is 2. The molecule has 4 heteroatoms. The molecule has 0 N–H and O–H groups in total. The van der Waals surface area contributed by atoms with Crippen LogP contribution in [0.1, 0.15) is 18.4 Å². The van der Waals surface area contributed by atoms with Crippen LogP contribution >= 0.6 is 15.9 Å². The van der Waals surface area contributed by atoms with Gasteiger partial charge >= 0.3 is 0 Å². The first-order valence-electron chi connectivity index (χ1n) is 6.38. The van der Waals surface area contributed by atoms with Crippen LogP contribution in [-0.2, 0) is 6.54 Å². The smallest absolute Gasteiger partial charge is 0.124 e. The van der Waals surface area contributed by atoms with E-state index in [0.29, 0.717) is 6.04 Å². The van der Waals surface area contributed by atoms with Crippen LogP contribution in [0.25, 0.3) is 0 Å². The van der Waals surface area contributed by atoms with E-state index >= 15 is 0 Å². The lowest BCUT2D eigenvalue weighted by Gasteiger charge is -2.27. The summed E-state index contributed by atoms with van der Waals surface area (Å²) in [5.74, 6) is -0.164. The molecule has 1 saturated heterocycles. The number of likely N-dealkylation sites (N-methyl/N-ethyl adjacent to an activating group) is 1. The summed E-state index contributed by atoms with van der Waals surface area (Å²) in [5.41, 5.74) is 1.05. The van der Waals surface area contributed by atoms with Gasteiger partial charge in [0, 0.05) is 23.6 Å². The maximum Gasteiger partial charge on any atom is 0.124 e. The second-order valence-electron chi connectivity index (χ2n) is 5.31. The van der Waals surface area contributed by atoms with E-state index in [0.717, 1.165) is 29.7 Å². The number of halogens is 2. The molecule has 1 aromatic carbocycles. The van der Waals surface area contributed by atoms with Gasteiger partial charge in [-0.1, -0.05) is 15.9 Å². The monoisotopic (exact) mass is 314 g/mol. The van der Waals surface area contributed by atoms with Crippen LogP contribution in [0.15, 0.2) is 22.7 Å². The van der Waals surface area contributed by atoms with Crippen LogP contribution < -0.4 is 0 Å². The van der Waals surface area contributed by atoms with Crippen LogP contribution in [0.4, 0.5) is 4.39 Å². The summed E-state index contributed by atoms with van der Waals surface area (Å²) >= 11 is 3.35. The predicted molar refractivity (Wildman–Crippen MR) is 76.1 cm³/mol. The molecule has 0 aliphatic carbocycles. The number of likely N-dealkylation sites (tertiary alicyclic amines) is 1. The van der Waals surface area contributed by atoms with E-state index in [-0.39, 0.29) is 5.82 Å². The van der Waals surface area contributed by atoms with Gasteiger partial charge in [0.2, 0.25) is 0 Å². The van der Waals surface area contributed by atoms with Crippen LogP contribution in [-0.4, -0.2) is 43.0 Å². The third-order valence-corrected chi connectivity index (χ3v) is 3.84. The van der Waals surface area contributed by atoms with Crippen LogP contribution in [0.5, 0.6) is 0 Å². The molecule has 0 aromatic heterocycles. The molecule has 2 rings (SSSR count). The zero-order valence-electron chi connectivity index (χ0n) is 11.0. The molecule has 18 heavy (non-hydrogen) atoms. The Morgan fingerprint density at radius 2 is 2.17 bits per heavy atom. The molecule has 1 unspecified atom stereocenters. The number of nitrogens with zero attached hydrogens (tertiary/aromatic N) is 2. The first-order valence-corrected chi connectivity index (χ1v) is 7.17. The van der Waals surface area contributed by atoms with Gasteiger partial charge in [0.05, 0.1) is 0 Å². The minimum absolute atomic E-state index is 0.164. The highest BCUT2D eigenvalue weighted by Gasteiger charge is 2.24. The molecule has 1 fully saturated rings. The van der Waals surface area contributed by atoms with Gasteiger partial charge in [-0.05, 0) is 57.2 Å². The van der Waals surface area contributed by atoms with Crippen molar-refractivity contribution in [1.82, 2.24) is 9.80 Å². The molecular weight excluding hydrogens is 295 g/mol. The van der Waals surface area contributed by atoms with E-state index in [1.165, 1.54) is 18.9 Å². The van der Waals surface area contributed by atoms with Crippen molar-refractivity contribution >= 4 is 15.9 Å². The summed E-state index contributed by atoms with van der Waals surface area (Å²) in [6.07, 6.45) is 2.49. The highest BCUT2D eigenvalue weighted by molar-refractivity contribution is 9.10. The SMILES string of the molecule is CN(C)CC1CCCN1Cc1cc(F)cc(Br)c1. The van der Waals surface area contributed by atoms with Gasteiger partial charge in [-0.2, -0.15) is 0 Å². The van der Waals surface area contributed by atoms with Gasteiger partial charge in [0.15, 0.2) is 0 Å². The van der Waals surface area contributed by atoms with Crippen molar-refractivity contribution in [2.45, 2.75) is 25.4 Å². The normalized spacial score (nSPS) is 20.8. The second-order valence-corrected chi connectivity index (χ2v) is 6.22. The van der Waals surface area contributed by atoms with Gasteiger partial charge in [-0.3, -0.25) is 4.90 Å². The highest BCUT2D eigenvalue weighted by Crippen LogP contribution is 2.22. The Balaban J connectivity index is 2.03. The van der Waals surface area contributed by atoms with Crippen molar-refractivity contribution in [2.24, 2.45) is 0 Å². The fraction of sp³-hybridized carbons (Fsp3) is 0.571. The third-order valence-electron chi connectivity index (χ3n) is 3.38. The maximum atomic E-state index is 13.4. The quantitative estimate of drug-likeness (QED) is 0.842. The summed E-state index contributed by atoms with van der Waals surface area (Å²) in [6.45, 7) is 3.04. The second kappa shape index (κ2) is 6.13. The fourth-order valence-corrected chi connectivity index (χ4v) is 3.18. The summed E-state index contributed by atoms with van der Waals surface area (Å²) in [5, 5.41) is 0. The summed E-state index contributed by atoms with van der Waals surface area (Å²) in [4.78, 5) is 4.69. The minimum atomic E-state index is -0.164. The van der Waals surface area contributed by atoms with Crippen molar-refractivity contribution in [1.29, 1.82) is 0 Å². The van der Waals surface area contributed by atoms with Gasteiger partial charge in [-0.25, -0.2) is 4.39 Å². The Hall–Kier alpha value is -0.450. The molecule has 2 nitrogen and oxygen atoms in total. The standard InChI is InChI=1S/C14H20BrFN2/c1-17(2)10-14-4-3-5-18(14)9-11-6-12(15)8-13(16)7-11/h6-8,14H,3-5,9-10H2,1-2H3. The van der Waals surface area contributed by atoms with Gasteiger partial charge in [0.1, 0.15) is 5.82 Å². The first-order chi connectivity index (χ1) is 8.54. The lowest BCUT2D eigenvalue weighted by molar-refractivity contribution is 0.201. The average molecular weight is 315 g/mol. The van der Waals surface area contributed by atoms with Crippen molar-refractivity contribution in [3.8, 4) is 0 Å². The molecule has 1 heterocycles. The molecule has 1 aromatic rings. The summed E-state index contributed by atoms with van der Waals surface area (Å²) in [6, 6.07) is 5.75. The molecule has 0 saturated carbocycles. The largest absolute Gasteiger partial charge is 0.308 e. The predicted octanol–water partition coefficient (Wildman–Crippen LogP) is 3.11. The molecule has 1 aliphatic rings. The number of hydrogen-bond donors (Lipinski definition) is 0. The van der Waals surface area contributed by atoms with E-state index in [1.807, 2.05) is 6.07 Å². The Morgan fingerprint density at radius 3 is 2.83 bits per heavy atom. The maximum absolute atomic E-state index is 13.4. The Kier molecular flexibility index (Phi) is 4.76. The zero-order valence-corrected chi connectivity index (χ0v) is 12.6. The Labute approximate surface area is 117 Å². The average Bonchev–Trinajstić information content (AvgIpc) is 2.63. The first kappa shape index (κ1) is 14.0. The van der Waals surface area contributed by atoms with Gasteiger partial charge in [0.25, 0.3) is 0 Å². The van der Waals surface area contributed by atoms with Crippen LogP contribution in [0, 0.1) is 5.82 Å². The molecule has 0 amide bonds. The summed E-state index contributed by atoms with van der Waals surface area (Å²) < 4.78 is 14.2. The molecule has 0 bridgehead atoms. The van der Waals surface area contributed by atoms with E-state index in [2.05, 4.69) is 39.8 Å². The zero-order chi connectivity index (χ0) is 13.1. The number of benzene rings is 1. The lowest BCUT2D eigenvalue weighted by Crippen LogP contribution is -2.37. The lowest BCUT2D eigenvalue weighted by atomic mass is 10.1. The third kappa shape index (κ3) is 3.77. The van der Waals surface area contributed by atoms with Crippen molar-refractivity contribution in [3.63, 3.8) is 0 Å². The molecule has 0 radical (unpaired) electrons. The molecule has 100 valence electrons. The molecule has 1 atom stereocenters. The van der Waals surface area contributed by atoms with Crippen molar-refractivity contribution in [2.75, 3.05) is 27.2 Å². The van der Waals surface area contributed by atoms with E-state index < -0.39 is 0 Å². The molecular formula is C14H20BrFN2. The van der Waals surface area contributed by atoms with Crippen molar-refractivity contribution in [3.05, 3.63) is 34.1 Å².